The minimum Gasteiger partial charge on any atom is -0.489 e. The topological polar surface area (TPSA) is 77.8 Å². The van der Waals surface area contributed by atoms with Crippen LogP contribution in [-0.4, -0.2) is 39.1 Å². The van der Waals surface area contributed by atoms with Gasteiger partial charge in [0, 0.05) is 6.20 Å². The molecule has 2 aromatic carbocycles. The Kier molecular flexibility index (Phi) is 7.81. The molecule has 0 spiro atoms. The highest BCUT2D eigenvalue weighted by molar-refractivity contribution is 7.98. The first-order valence-electron chi connectivity index (χ1n) is 10.7. The van der Waals surface area contributed by atoms with Gasteiger partial charge in [0.15, 0.2) is 18.1 Å². The summed E-state index contributed by atoms with van der Waals surface area (Å²) in [5.41, 5.74) is 1.85. The molecular formula is C25H26N4O3S. The highest BCUT2D eigenvalue weighted by Gasteiger charge is 2.20. The summed E-state index contributed by atoms with van der Waals surface area (Å²) >= 11 is 1.72. The maximum Gasteiger partial charge on any atom is 0.258 e. The smallest absolute Gasteiger partial charge is 0.258 e. The lowest BCUT2D eigenvalue weighted by atomic mass is 10.2. The van der Waals surface area contributed by atoms with Crippen molar-refractivity contribution in [2.75, 3.05) is 18.6 Å². The number of hydrogen-bond acceptors (Lipinski definition) is 6. The summed E-state index contributed by atoms with van der Waals surface area (Å²) in [6.45, 7) is 0.412. The van der Waals surface area contributed by atoms with Gasteiger partial charge >= 0.3 is 0 Å². The summed E-state index contributed by atoms with van der Waals surface area (Å²) in [7, 11) is 0. The van der Waals surface area contributed by atoms with E-state index in [1.807, 2.05) is 77.5 Å². The first-order chi connectivity index (χ1) is 16.2. The highest BCUT2D eigenvalue weighted by atomic mass is 32.2. The van der Waals surface area contributed by atoms with Gasteiger partial charge in [0.05, 0.1) is 6.04 Å². The van der Waals surface area contributed by atoms with E-state index >= 15 is 0 Å². The van der Waals surface area contributed by atoms with E-state index in [0.29, 0.717) is 18.2 Å². The lowest BCUT2D eigenvalue weighted by molar-refractivity contribution is -0.123. The SMILES string of the molecule is CSCCC(NC(=O)COc1ccc(OCc2ccccc2)cc1)c1nnc2ccccn12. The molecule has 1 unspecified atom stereocenters. The van der Waals surface area contributed by atoms with E-state index in [0.717, 1.165) is 29.1 Å². The zero-order valence-electron chi connectivity index (χ0n) is 18.4. The Bertz CT molecular complexity index is 1170. The zero-order chi connectivity index (χ0) is 22.9. The number of carbonyl (C=O) groups excluding carboxylic acids is 1. The Morgan fingerprint density at radius 2 is 1.70 bits per heavy atom. The van der Waals surface area contributed by atoms with Crippen molar-refractivity contribution < 1.29 is 14.3 Å². The number of aromatic nitrogens is 3. The van der Waals surface area contributed by atoms with Crippen LogP contribution in [-0.2, 0) is 11.4 Å². The predicted octanol–water partition coefficient (Wildman–Crippen LogP) is 4.30. The highest BCUT2D eigenvalue weighted by Crippen LogP contribution is 2.20. The average molecular weight is 463 g/mol. The lowest BCUT2D eigenvalue weighted by Gasteiger charge is -2.17. The Morgan fingerprint density at radius 1 is 0.970 bits per heavy atom. The second-order valence-corrected chi connectivity index (χ2v) is 8.41. The summed E-state index contributed by atoms with van der Waals surface area (Å²) in [4.78, 5) is 12.6. The van der Waals surface area contributed by atoms with Gasteiger partial charge in [0.25, 0.3) is 5.91 Å². The van der Waals surface area contributed by atoms with Crippen LogP contribution < -0.4 is 14.8 Å². The number of hydrogen-bond donors (Lipinski definition) is 1. The lowest BCUT2D eigenvalue weighted by Crippen LogP contribution is -2.34. The summed E-state index contributed by atoms with van der Waals surface area (Å²) in [5, 5.41) is 11.5. The van der Waals surface area contributed by atoms with Gasteiger partial charge in [-0.25, -0.2) is 0 Å². The number of carbonyl (C=O) groups is 1. The van der Waals surface area contributed by atoms with Crippen LogP contribution in [0, 0.1) is 0 Å². The second-order valence-electron chi connectivity index (χ2n) is 7.42. The van der Waals surface area contributed by atoms with Crippen LogP contribution in [0.15, 0.2) is 79.0 Å². The van der Waals surface area contributed by atoms with Crippen molar-refractivity contribution in [1.29, 1.82) is 0 Å². The monoisotopic (exact) mass is 462 g/mol. The number of benzene rings is 2. The van der Waals surface area contributed by atoms with Gasteiger partial charge in [-0.2, -0.15) is 11.8 Å². The van der Waals surface area contributed by atoms with Gasteiger partial charge < -0.3 is 14.8 Å². The third-order valence-electron chi connectivity index (χ3n) is 5.04. The molecule has 1 N–H and O–H groups in total. The Labute approximate surface area is 197 Å². The van der Waals surface area contributed by atoms with Crippen molar-refractivity contribution in [2.45, 2.75) is 19.1 Å². The number of rotatable bonds is 11. The maximum absolute atomic E-state index is 12.6. The number of ether oxygens (including phenoxy) is 2. The van der Waals surface area contributed by atoms with Crippen LogP contribution in [0.3, 0.4) is 0 Å². The number of nitrogens with one attached hydrogen (secondary N) is 1. The third-order valence-corrected chi connectivity index (χ3v) is 5.68. The van der Waals surface area contributed by atoms with Gasteiger partial charge in [-0.15, -0.1) is 10.2 Å². The molecule has 0 fully saturated rings. The molecule has 1 amide bonds. The van der Waals surface area contributed by atoms with Crippen LogP contribution >= 0.6 is 11.8 Å². The van der Waals surface area contributed by atoms with Crippen molar-refractivity contribution in [1.82, 2.24) is 19.9 Å². The second kappa shape index (κ2) is 11.4. The zero-order valence-corrected chi connectivity index (χ0v) is 19.2. The van der Waals surface area contributed by atoms with Gasteiger partial charge in [0.1, 0.15) is 18.1 Å². The van der Waals surface area contributed by atoms with Crippen molar-refractivity contribution >= 4 is 23.3 Å². The molecule has 0 aliphatic heterocycles. The van der Waals surface area contributed by atoms with Crippen molar-refractivity contribution in [3.05, 3.63) is 90.4 Å². The Morgan fingerprint density at radius 3 is 2.45 bits per heavy atom. The molecule has 1 atom stereocenters. The molecule has 7 nitrogen and oxygen atoms in total. The summed E-state index contributed by atoms with van der Waals surface area (Å²) in [5.74, 6) is 2.74. The van der Waals surface area contributed by atoms with Crippen LogP contribution in [0.1, 0.15) is 23.9 Å². The molecule has 8 heteroatoms. The number of amides is 1. The summed E-state index contributed by atoms with van der Waals surface area (Å²) in [6.07, 6.45) is 4.69. The van der Waals surface area contributed by atoms with Crippen molar-refractivity contribution in [2.24, 2.45) is 0 Å². The standard InChI is InChI=1S/C25H26N4O3S/c1-33-16-14-22(25-28-27-23-9-5-6-15-29(23)25)26-24(30)18-32-21-12-10-20(11-13-21)31-17-19-7-3-2-4-8-19/h2-13,15,22H,14,16-18H2,1H3,(H,26,30). The van der Waals surface area contributed by atoms with E-state index in [2.05, 4.69) is 15.5 Å². The van der Waals surface area contributed by atoms with Crippen molar-refractivity contribution in [3.8, 4) is 11.5 Å². The molecule has 33 heavy (non-hydrogen) atoms. The minimum atomic E-state index is -0.250. The molecule has 0 aliphatic rings. The molecule has 4 aromatic rings. The van der Waals surface area contributed by atoms with Gasteiger partial charge in [-0.05, 0) is 60.4 Å². The van der Waals surface area contributed by atoms with Crippen LogP contribution in [0.4, 0.5) is 0 Å². The quantitative estimate of drug-likeness (QED) is 0.358. The van der Waals surface area contributed by atoms with Crippen LogP contribution in [0.5, 0.6) is 11.5 Å². The van der Waals surface area contributed by atoms with Gasteiger partial charge in [0.2, 0.25) is 0 Å². The number of thioether (sulfide) groups is 1. The third kappa shape index (κ3) is 6.26. The number of fused-ring (bicyclic) bond motifs is 1. The van der Waals surface area contributed by atoms with E-state index in [9.17, 15) is 4.79 Å². The number of nitrogens with zero attached hydrogens (tertiary/aromatic N) is 3. The average Bonchev–Trinajstić information content (AvgIpc) is 3.29. The van der Waals surface area contributed by atoms with Crippen molar-refractivity contribution in [3.63, 3.8) is 0 Å². The molecule has 0 radical (unpaired) electrons. The molecule has 0 saturated carbocycles. The fraction of sp³-hybridized carbons (Fsp3) is 0.240. The van der Waals surface area contributed by atoms with E-state index in [1.165, 1.54) is 0 Å². The Balaban J connectivity index is 1.31. The molecule has 0 saturated heterocycles. The predicted molar refractivity (Wildman–Crippen MR) is 130 cm³/mol. The first-order valence-corrected chi connectivity index (χ1v) is 12.1. The molecule has 170 valence electrons. The largest absolute Gasteiger partial charge is 0.489 e. The van der Waals surface area contributed by atoms with Crippen LogP contribution in [0.25, 0.3) is 5.65 Å². The van der Waals surface area contributed by atoms with E-state index in [4.69, 9.17) is 9.47 Å². The molecule has 2 aromatic heterocycles. The minimum absolute atomic E-state index is 0.0866. The van der Waals surface area contributed by atoms with E-state index in [-0.39, 0.29) is 18.6 Å². The Hall–Kier alpha value is -3.52. The van der Waals surface area contributed by atoms with Crippen LogP contribution in [0.2, 0.25) is 0 Å². The molecular weight excluding hydrogens is 436 g/mol. The summed E-state index contributed by atoms with van der Waals surface area (Å²) in [6, 6.07) is 22.7. The summed E-state index contributed by atoms with van der Waals surface area (Å²) < 4.78 is 13.4. The molecule has 0 bridgehead atoms. The van der Waals surface area contributed by atoms with Gasteiger partial charge in [-0.1, -0.05) is 36.4 Å². The first kappa shape index (κ1) is 22.7. The van der Waals surface area contributed by atoms with E-state index < -0.39 is 0 Å². The maximum atomic E-state index is 12.6. The van der Waals surface area contributed by atoms with Gasteiger partial charge in [-0.3, -0.25) is 9.20 Å². The fourth-order valence-corrected chi connectivity index (χ4v) is 3.83. The van der Waals surface area contributed by atoms with E-state index in [1.54, 1.807) is 23.9 Å². The molecule has 0 aliphatic carbocycles. The molecule has 2 heterocycles. The normalized spacial score (nSPS) is 11.8. The number of pyridine rings is 1. The molecule has 4 rings (SSSR count). The fourth-order valence-electron chi connectivity index (χ4n) is 3.36.